The number of aliphatic imine (C=N–C) groups is 4. The number of benzene rings is 4. The van der Waals surface area contributed by atoms with Gasteiger partial charge >= 0.3 is 0 Å². The molecule has 8 bridgehead atoms. The zero-order valence-corrected chi connectivity index (χ0v) is 46.9. The number of fused-ring (bicyclic) bond motifs is 20. The molecular formula is C34H27CuN8O2SY6-5. The molecule has 1 N–H and O–H groups in total. The summed E-state index contributed by atoms with van der Waals surface area (Å²) in [6.45, 7) is 0. The number of rotatable bonds is 0. The summed E-state index contributed by atoms with van der Waals surface area (Å²) in [7, 11) is 0. The minimum absolute atomic E-state index is 0. The van der Waals surface area contributed by atoms with Crippen LogP contribution in [0.5, 0.6) is 0 Å². The van der Waals surface area contributed by atoms with Gasteiger partial charge in [-0.2, -0.15) is 0 Å². The molecule has 4 aromatic rings. The van der Waals surface area contributed by atoms with Gasteiger partial charge in [0.2, 0.25) is 0 Å². The Morgan fingerprint density at radius 2 is 0.635 bits per heavy atom. The molecule has 0 aliphatic carbocycles. The molecule has 7 radical (unpaired) electrons. The summed E-state index contributed by atoms with van der Waals surface area (Å²) in [5, 5.41) is 20.0. The third-order valence-electron chi connectivity index (χ3n) is 7.88. The molecule has 5 aliphatic heterocycles. The zero-order valence-electron chi connectivity index (χ0n) is 28.2. The van der Waals surface area contributed by atoms with Crippen LogP contribution < -0.4 is 0 Å². The Bertz CT molecular complexity index is 1730. The van der Waals surface area contributed by atoms with Crippen molar-refractivity contribution in [3.05, 3.63) is 170 Å². The van der Waals surface area contributed by atoms with Crippen LogP contribution in [0.4, 0.5) is 0 Å². The van der Waals surface area contributed by atoms with Gasteiger partial charge in [-0.3, -0.25) is 0 Å². The molecule has 0 spiro atoms. The van der Waals surface area contributed by atoms with Crippen molar-refractivity contribution < 1.29 is 222 Å². The fourth-order valence-electron chi connectivity index (χ4n) is 5.99. The van der Waals surface area contributed by atoms with E-state index >= 15 is 0 Å². The van der Waals surface area contributed by atoms with Gasteiger partial charge in [0, 0.05) is 220 Å². The van der Waals surface area contributed by atoms with Crippen molar-refractivity contribution in [3.63, 3.8) is 0 Å². The van der Waals surface area contributed by atoms with E-state index in [0.717, 1.165) is 44.5 Å². The molecule has 9 rings (SSSR count). The molecule has 18 heteroatoms. The van der Waals surface area contributed by atoms with Crippen LogP contribution in [-0.2, 0) is 224 Å². The summed E-state index contributed by atoms with van der Waals surface area (Å²) in [6.07, 6.45) is -0.613. The first-order valence-corrected chi connectivity index (χ1v) is 15.6. The van der Waals surface area contributed by atoms with Gasteiger partial charge in [0.25, 0.3) is 0 Å². The van der Waals surface area contributed by atoms with Crippen LogP contribution in [0, 0.1) is 7.43 Å². The van der Waals surface area contributed by atoms with Gasteiger partial charge < -0.3 is 53.2 Å². The average molecular weight is 1210 g/mol. The monoisotopic (exact) mass is 1210 g/mol. The number of hydrogen-bond acceptors (Lipinski definition) is 5. The summed E-state index contributed by atoms with van der Waals surface area (Å²) in [4.78, 5) is 20.3. The summed E-state index contributed by atoms with van der Waals surface area (Å²) in [6, 6.07) is 32.5. The molecule has 0 fully saturated rings. The molecule has 5 unspecified atom stereocenters. The van der Waals surface area contributed by atoms with Gasteiger partial charge in [0.15, 0.2) is 0 Å². The second kappa shape index (κ2) is 24.2. The standard InChI is InChI=1S/C32H20N8.CH4O2S.CH3.Cu.6Y/c1-2-10-18-17(9-1)25-33-26(18)38-28-21-13-5-6-14-22(21)30(35-28)40-32-24-16-8-7-15-23(24)31(36-32)39-29-20-12-4-3-11-19(20)27(34-29)37-25;1-4(2)3;;;;;;;;/h1-16,25,28-29,32H;1H3,(H,2,3);1H3;;;;;;;/q-4;;-1;;;;;;;. The molecule has 0 saturated heterocycles. The van der Waals surface area contributed by atoms with Crippen LogP contribution in [0.3, 0.4) is 0 Å². The SMILES string of the molecule is CS(=O)O.[CH3-].[Cu].[Y].[Y].[Y].[Y].[Y].[Y].c1ccc2c(c1)C1=NC3[N-]C(=NC4[N-]C(=NC5[N-]C(=NC2[N-]1)c1ccccc15)c1ccccc14)c1ccccc13. The quantitative estimate of drug-likeness (QED) is 0.110. The Kier molecular flexibility index (Phi) is 25.1. The van der Waals surface area contributed by atoms with Crippen molar-refractivity contribution in [1.82, 2.24) is 0 Å². The van der Waals surface area contributed by atoms with E-state index in [2.05, 4.69) is 24.3 Å². The third kappa shape index (κ3) is 11.2. The van der Waals surface area contributed by atoms with E-state index < -0.39 is 35.7 Å². The molecule has 5 aliphatic rings. The Morgan fingerprint density at radius 1 is 0.462 bits per heavy atom. The van der Waals surface area contributed by atoms with Crippen molar-refractivity contribution in [2.45, 2.75) is 24.7 Å². The Morgan fingerprint density at radius 3 is 0.827 bits per heavy atom. The Hall–Kier alpha value is 2.01. The maximum atomic E-state index is 9.11. The van der Waals surface area contributed by atoms with E-state index in [4.69, 9.17) is 50.0 Å². The largest absolute Gasteiger partial charge is 0.458 e. The molecule has 0 aromatic heterocycles. The van der Waals surface area contributed by atoms with Crippen LogP contribution in [0.1, 0.15) is 69.2 Å². The molecule has 52 heavy (non-hydrogen) atoms. The normalized spacial score (nSPS) is 20.0. The van der Waals surface area contributed by atoms with Crippen molar-refractivity contribution in [2.75, 3.05) is 6.26 Å². The number of amidine groups is 4. The predicted molar refractivity (Wildman–Crippen MR) is 179 cm³/mol. The predicted octanol–water partition coefficient (Wildman–Crippen LogP) is 7.60. The van der Waals surface area contributed by atoms with Crippen LogP contribution in [-0.4, -0.2) is 38.4 Å². The summed E-state index contributed by atoms with van der Waals surface area (Å²) >= 11 is -1.61. The maximum absolute atomic E-state index is 9.11. The Labute approximate surface area is 468 Å². The van der Waals surface area contributed by atoms with E-state index in [1.165, 1.54) is 6.26 Å². The third-order valence-corrected chi connectivity index (χ3v) is 7.88. The minimum Gasteiger partial charge on any atom is -0.458 e. The van der Waals surface area contributed by atoms with Gasteiger partial charge in [0.1, 0.15) is 11.1 Å². The fraction of sp³-hybridized carbons (Fsp3) is 0.147. The summed E-state index contributed by atoms with van der Waals surface area (Å²) in [5.74, 6) is 2.56. The first-order chi connectivity index (χ1) is 21.5. The van der Waals surface area contributed by atoms with Crippen LogP contribution in [0.15, 0.2) is 117 Å². The van der Waals surface area contributed by atoms with Gasteiger partial charge in [-0.1, -0.05) is 120 Å². The van der Waals surface area contributed by atoms with E-state index in [-0.39, 0.29) is 221 Å². The molecule has 5 atom stereocenters. The van der Waals surface area contributed by atoms with Crippen molar-refractivity contribution in [2.24, 2.45) is 20.0 Å². The van der Waals surface area contributed by atoms with Gasteiger partial charge in [-0.15, -0.1) is 0 Å². The minimum atomic E-state index is -1.61. The first-order valence-electron chi connectivity index (χ1n) is 14.1. The second-order valence-corrected chi connectivity index (χ2v) is 11.4. The molecule has 5 heterocycles. The first kappa shape index (κ1) is 54.0. The van der Waals surface area contributed by atoms with Crippen LogP contribution >= 0.6 is 0 Å². The molecule has 10 nitrogen and oxygen atoms in total. The van der Waals surface area contributed by atoms with E-state index in [9.17, 15) is 0 Å². The van der Waals surface area contributed by atoms with E-state index in [0.29, 0.717) is 23.3 Å². The van der Waals surface area contributed by atoms with E-state index in [1.54, 1.807) is 0 Å². The molecule has 0 saturated carbocycles. The number of nitrogens with zero attached hydrogens (tertiary/aromatic N) is 8. The van der Waals surface area contributed by atoms with Crippen molar-refractivity contribution >= 4 is 34.4 Å². The smallest absolute Gasteiger partial charge is 0.149 e. The molecule has 0 amide bonds. The second-order valence-electron chi connectivity index (χ2n) is 10.6. The topological polar surface area (TPSA) is 143 Å². The molecule has 4 aromatic carbocycles. The fourth-order valence-corrected chi connectivity index (χ4v) is 5.99. The average Bonchev–Trinajstić information content (AvgIpc) is 3.76. The maximum Gasteiger partial charge on any atom is 0.149 e. The summed E-state index contributed by atoms with van der Waals surface area (Å²) in [5.41, 5.74) is 7.87. The van der Waals surface area contributed by atoms with Crippen LogP contribution in [0.2, 0.25) is 0 Å². The van der Waals surface area contributed by atoms with Crippen molar-refractivity contribution in [1.29, 1.82) is 0 Å². The molecular weight excluding hydrogens is 1180 g/mol. The van der Waals surface area contributed by atoms with Gasteiger partial charge in [-0.05, 0) is 69.2 Å². The summed E-state index contributed by atoms with van der Waals surface area (Å²) < 4.78 is 16.6. The molecule has 255 valence electrons. The van der Waals surface area contributed by atoms with Crippen molar-refractivity contribution in [3.8, 4) is 0 Å². The number of hydrogen-bond donors (Lipinski definition) is 1. The van der Waals surface area contributed by atoms with Gasteiger partial charge in [-0.25, -0.2) is 4.21 Å². The van der Waals surface area contributed by atoms with E-state index in [1.807, 2.05) is 72.8 Å². The Balaban J connectivity index is 0.00000207. The van der Waals surface area contributed by atoms with Gasteiger partial charge in [0.05, 0.1) is 0 Å². The van der Waals surface area contributed by atoms with Crippen LogP contribution in [0.25, 0.3) is 21.3 Å². The zero-order chi connectivity index (χ0) is 29.8.